The van der Waals surface area contributed by atoms with Crippen LogP contribution in [0.3, 0.4) is 0 Å². The van der Waals surface area contributed by atoms with E-state index in [-0.39, 0.29) is 5.41 Å². The van der Waals surface area contributed by atoms with Crippen molar-refractivity contribution in [3.05, 3.63) is 76.9 Å². The van der Waals surface area contributed by atoms with Crippen LogP contribution in [0.5, 0.6) is 0 Å². The second kappa shape index (κ2) is 6.82. The van der Waals surface area contributed by atoms with Gasteiger partial charge in [0.15, 0.2) is 0 Å². The molecule has 0 bridgehead atoms. The molecule has 0 radical (unpaired) electrons. The zero-order valence-corrected chi connectivity index (χ0v) is 17.3. The van der Waals surface area contributed by atoms with Crippen LogP contribution in [-0.4, -0.2) is 0 Å². The molecule has 0 amide bonds. The fraction of sp³-hybridized carbons (Fsp3) is 0.407. The molecule has 2 aromatic carbocycles. The van der Waals surface area contributed by atoms with Crippen LogP contribution in [0, 0.1) is 5.41 Å². The van der Waals surface area contributed by atoms with Gasteiger partial charge >= 0.3 is 0 Å². The van der Waals surface area contributed by atoms with Gasteiger partial charge in [-0.15, -0.1) is 0 Å². The Morgan fingerprint density at radius 2 is 1.74 bits per heavy atom. The summed E-state index contributed by atoms with van der Waals surface area (Å²) < 4.78 is 0. The molecule has 1 atom stereocenters. The van der Waals surface area contributed by atoms with E-state index < -0.39 is 0 Å². The minimum atomic E-state index is 0.203. The predicted molar refractivity (Wildman–Crippen MR) is 118 cm³/mol. The predicted octanol–water partition coefficient (Wildman–Crippen LogP) is 7.73. The third kappa shape index (κ3) is 3.81. The van der Waals surface area contributed by atoms with Crippen molar-refractivity contribution >= 4 is 6.08 Å². The molecule has 2 aromatic rings. The monoisotopic (exact) mass is 356 g/mol. The summed E-state index contributed by atoms with van der Waals surface area (Å²) in [5.74, 6) is 0. The molecule has 2 aliphatic rings. The van der Waals surface area contributed by atoms with Crippen LogP contribution in [0.25, 0.3) is 17.2 Å². The number of hydrogen-bond donors (Lipinski definition) is 0. The Labute approximate surface area is 165 Å². The van der Waals surface area contributed by atoms with E-state index in [0.717, 1.165) is 6.42 Å². The summed E-state index contributed by atoms with van der Waals surface area (Å²) in [6.45, 7) is 9.29. The minimum absolute atomic E-state index is 0.203. The molecule has 0 saturated heterocycles. The highest BCUT2D eigenvalue weighted by Gasteiger charge is 2.28. The maximum absolute atomic E-state index is 2.49. The maximum Gasteiger partial charge on any atom is -0.00574 e. The van der Waals surface area contributed by atoms with Crippen molar-refractivity contribution in [2.75, 3.05) is 0 Å². The van der Waals surface area contributed by atoms with E-state index >= 15 is 0 Å². The molecule has 0 heteroatoms. The molecule has 4 rings (SSSR count). The molecule has 0 spiro atoms. The third-order valence-electron chi connectivity index (χ3n) is 6.37. The summed E-state index contributed by atoms with van der Waals surface area (Å²) >= 11 is 0. The van der Waals surface area contributed by atoms with Crippen molar-refractivity contribution < 1.29 is 0 Å². The largest absolute Gasteiger partial charge is 0.0885 e. The number of allylic oxidation sites excluding steroid dienone is 3. The number of fused-ring (bicyclic) bond motifs is 1. The first-order chi connectivity index (χ1) is 12.8. The van der Waals surface area contributed by atoms with E-state index in [1.807, 2.05) is 0 Å². The molecule has 0 heterocycles. The van der Waals surface area contributed by atoms with Gasteiger partial charge in [0.1, 0.15) is 0 Å². The fourth-order valence-corrected chi connectivity index (χ4v) is 4.68. The van der Waals surface area contributed by atoms with Crippen LogP contribution in [0.15, 0.2) is 60.2 Å². The highest BCUT2D eigenvalue weighted by molar-refractivity contribution is 5.81. The van der Waals surface area contributed by atoms with Crippen molar-refractivity contribution in [1.82, 2.24) is 0 Å². The van der Waals surface area contributed by atoms with Crippen molar-refractivity contribution in [3.63, 3.8) is 0 Å². The van der Waals surface area contributed by atoms with Crippen molar-refractivity contribution in [2.45, 2.75) is 65.2 Å². The molecule has 0 aromatic heterocycles. The molecule has 0 fully saturated rings. The van der Waals surface area contributed by atoms with Crippen LogP contribution in [0.2, 0.25) is 0 Å². The van der Waals surface area contributed by atoms with Crippen LogP contribution in [0.4, 0.5) is 0 Å². The van der Waals surface area contributed by atoms with Gasteiger partial charge in [-0.2, -0.15) is 0 Å². The first kappa shape index (κ1) is 18.3. The smallest absolute Gasteiger partial charge is 0.00574 e. The third-order valence-corrected chi connectivity index (χ3v) is 6.37. The molecule has 0 N–H and O–H groups in total. The lowest BCUT2D eigenvalue weighted by molar-refractivity contribution is 0.289. The van der Waals surface area contributed by atoms with Crippen LogP contribution < -0.4 is 0 Å². The zero-order valence-electron chi connectivity index (χ0n) is 17.3. The van der Waals surface area contributed by atoms with E-state index in [9.17, 15) is 0 Å². The van der Waals surface area contributed by atoms with E-state index in [1.54, 1.807) is 5.57 Å². The van der Waals surface area contributed by atoms with Gasteiger partial charge in [-0.25, -0.2) is 0 Å². The van der Waals surface area contributed by atoms with E-state index in [0.29, 0.717) is 5.41 Å². The normalized spacial score (nSPS) is 21.9. The molecule has 140 valence electrons. The Morgan fingerprint density at radius 1 is 0.963 bits per heavy atom. The Morgan fingerprint density at radius 3 is 2.41 bits per heavy atom. The lowest BCUT2D eigenvalue weighted by Gasteiger charge is -2.31. The van der Waals surface area contributed by atoms with Gasteiger partial charge < -0.3 is 0 Å². The summed E-state index contributed by atoms with van der Waals surface area (Å²) in [4.78, 5) is 0. The molecule has 0 nitrogen and oxygen atoms in total. The van der Waals surface area contributed by atoms with E-state index in [2.05, 4.69) is 88.4 Å². The summed E-state index contributed by atoms with van der Waals surface area (Å²) in [5.41, 5.74) is 9.32. The Balaban J connectivity index is 1.62. The minimum Gasteiger partial charge on any atom is -0.0885 e. The first-order valence-corrected chi connectivity index (χ1v) is 10.4. The topological polar surface area (TPSA) is 0 Å². The summed E-state index contributed by atoms with van der Waals surface area (Å²) in [5, 5.41) is 0. The molecule has 0 aliphatic heterocycles. The quantitative estimate of drug-likeness (QED) is 0.494. The Kier molecular flexibility index (Phi) is 4.62. The SMILES string of the molecule is CC1(CC2=Cc3c(cccc3-c3ccc(C(C)(C)C)cc3)C2)CC=CCC1. The summed E-state index contributed by atoms with van der Waals surface area (Å²) in [6.07, 6.45) is 13.4. The van der Waals surface area contributed by atoms with E-state index in [1.165, 1.54) is 53.5 Å². The number of hydrogen-bond acceptors (Lipinski definition) is 0. The highest BCUT2D eigenvalue weighted by atomic mass is 14.3. The zero-order chi connectivity index (χ0) is 19.1. The van der Waals surface area contributed by atoms with Crippen LogP contribution >= 0.6 is 0 Å². The Hall–Kier alpha value is -2.08. The maximum atomic E-state index is 2.49. The molecule has 0 saturated carbocycles. The van der Waals surface area contributed by atoms with Gasteiger partial charge in [0.05, 0.1) is 0 Å². The molecule has 27 heavy (non-hydrogen) atoms. The van der Waals surface area contributed by atoms with Gasteiger partial charge in [-0.05, 0) is 70.8 Å². The molecular weight excluding hydrogens is 324 g/mol. The van der Waals surface area contributed by atoms with E-state index in [4.69, 9.17) is 0 Å². The first-order valence-electron chi connectivity index (χ1n) is 10.4. The lowest BCUT2D eigenvalue weighted by atomic mass is 9.74. The fourth-order valence-electron chi connectivity index (χ4n) is 4.68. The van der Waals surface area contributed by atoms with Crippen molar-refractivity contribution in [2.24, 2.45) is 5.41 Å². The van der Waals surface area contributed by atoms with Gasteiger partial charge in [-0.1, -0.05) is 94.0 Å². The summed E-state index contributed by atoms with van der Waals surface area (Å²) in [7, 11) is 0. The van der Waals surface area contributed by atoms with Gasteiger partial charge in [0.25, 0.3) is 0 Å². The van der Waals surface area contributed by atoms with Crippen molar-refractivity contribution in [3.8, 4) is 11.1 Å². The summed E-state index contributed by atoms with van der Waals surface area (Å²) in [6, 6.07) is 16.0. The number of rotatable bonds is 3. The van der Waals surface area contributed by atoms with Crippen molar-refractivity contribution in [1.29, 1.82) is 0 Å². The van der Waals surface area contributed by atoms with Crippen LogP contribution in [0.1, 0.15) is 70.1 Å². The second-order valence-electron chi connectivity index (χ2n) is 9.89. The molecule has 2 aliphatic carbocycles. The van der Waals surface area contributed by atoms with Crippen LogP contribution in [-0.2, 0) is 11.8 Å². The molecule has 1 unspecified atom stereocenters. The standard InChI is InChI=1S/C27H32/c1-26(2,3)23-13-11-21(12-14-23)24-10-8-9-22-17-20(18-25(22)24)19-27(4)15-6-5-7-16-27/h5-6,8-14,18H,7,15-17,19H2,1-4H3. The average molecular weight is 357 g/mol. The number of benzene rings is 2. The Bertz CT molecular complexity index is 887. The molecular formula is C27H32. The van der Waals surface area contributed by atoms with Gasteiger partial charge in [0, 0.05) is 0 Å². The highest BCUT2D eigenvalue weighted by Crippen LogP contribution is 2.43. The second-order valence-corrected chi connectivity index (χ2v) is 9.89. The average Bonchev–Trinajstić information content (AvgIpc) is 3.03. The lowest BCUT2D eigenvalue weighted by Crippen LogP contribution is -2.18. The van der Waals surface area contributed by atoms with Gasteiger partial charge in [-0.3, -0.25) is 0 Å². The van der Waals surface area contributed by atoms with Gasteiger partial charge in [0.2, 0.25) is 0 Å².